The van der Waals surface area contributed by atoms with Crippen LogP contribution < -0.4 is 0 Å². The van der Waals surface area contributed by atoms with E-state index in [2.05, 4.69) is 0 Å². The number of hydrogen-bond donors (Lipinski definition) is 0. The van der Waals surface area contributed by atoms with E-state index in [1.165, 1.54) is 4.90 Å². The average molecular weight is 160 g/mol. The lowest BCUT2D eigenvalue weighted by molar-refractivity contribution is 0.238. The van der Waals surface area contributed by atoms with Crippen LogP contribution >= 0.6 is 11.6 Å². The molecule has 0 aromatic rings. The second kappa shape index (κ2) is 3.62. The minimum atomic E-state index is -0.377. The fraction of sp³-hybridized carbons (Fsp3) is 0.571. The molecule has 1 rings (SSSR count). The second-order valence-electron chi connectivity index (χ2n) is 2.33. The van der Waals surface area contributed by atoms with Gasteiger partial charge in [-0.05, 0) is 30.9 Å². The normalized spacial score (nSPS) is 18.7. The minimum absolute atomic E-state index is 0.377. The van der Waals surface area contributed by atoms with Crippen molar-refractivity contribution >= 4 is 17.0 Å². The maximum Gasteiger partial charge on any atom is 0.320 e. The largest absolute Gasteiger partial charge is 0.320 e. The highest BCUT2D eigenvalue weighted by atomic mass is 35.5. The van der Waals surface area contributed by atoms with E-state index in [1.54, 1.807) is 6.20 Å². The van der Waals surface area contributed by atoms with Gasteiger partial charge in [0.05, 0.1) is 0 Å². The molecule has 2 nitrogen and oxygen atoms in total. The first kappa shape index (κ1) is 7.61. The molecule has 1 aliphatic rings. The Morgan fingerprint density at radius 3 is 3.00 bits per heavy atom. The van der Waals surface area contributed by atoms with Gasteiger partial charge in [-0.15, -0.1) is 0 Å². The summed E-state index contributed by atoms with van der Waals surface area (Å²) in [7, 11) is 0. The molecule has 0 fully saturated rings. The zero-order chi connectivity index (χ0) is 7.40. The number of nitrogens with zero attached hydrogens (tertiary/aromatic N) is 1. The van der Waals surface area contributed by atoms with E-state index in [-0.39, 0.29) is 5.37 Å². The molecule has 0 atom stereocenters. The summed E-state index contributed by atoms with van der Waals surface area (Å²) in [6.45, 7) is 0.763. The molecule has 0 spiro atoms. The van der Waals surface area contributed by atoms with Crippen LogP contribution in [0.25, 0.3) is 0 Å². The van der Waals surface area contributed by atoms with Crippen LogP contribution in [-0.2, 0) is 0 Å². The quantitative estimate of drug-likeness (QED) is 0.393. The molecule has 1 heterocycles. The first-order chi connectivity index (χ1) is 4.80. The van der Waals surface area contributed by atoms with Crippen LogP contribution in [0.1, 0.15) is 19.3 Å². The number of carbonyl (C=O) groups is 1. The van der Waals surface area contributed by atoms with Crippen molar-refractivity contribution in [2.75, 3.05) is 6.54 Å². The molecule has 1 amide bonds. The number of halogens is 1. The molecule has 3 heteroatoms. The smallest absolute Gasteiger partial charge is 0.306 e. The Kier molecular flexibility index (Phi) is 2.75. The Labute approximate surface area is 65.5 Å². The maximum absolute atomic E-state index is 10.6. The van der Waals surface area contributed by atoms with Gasteiger partial charge < -0.3 is 4.90 Å². The summed E-state index contributed by atoms with van der Waals surface area (Å²) in [5.41, 5.74) is 0. The SMILES string of the molecule is O=C(Cl)N1C=CCCCC1. The number of hydrogen-bond acceptors (Lipinski definition) is 1. The monoisotopic (exact) mass is 159 g/mol. The van der Waals surface area contributed by atoms with E-state index in [0.717, 1.165) is 25.8 Å². The predicted octanol–water partition coefficient (Wildman–Crippen LogP) is 2.34. The van der Waals surface area contributed by atoms with Crippen molar-refractivity contribution in [2.45, 2.75) is 19.3 Å². The van der Waals surface area contributed by atoms with Gasteiger partial charge in [0, 0.05) is 12.7 Å². The van der Waals surface area contributed by atoms with Crippen molar-refractivity contribution < 1.29 is 4.79 Å². The lowest BCUT2D eigenvalue weighted by Crippen LogP contribution is -2.19. The van der Waals surface area contributed by atoms with Crippen LogP contribution in [0.5, 0.6) is 0 Å². The van der Waals surface area contributed by atoms with Crippen molar-refractivity contribution in [3.05, 3.63) is 12.3 Å². The highest BCUT2D eigenvalue weighted by Crippen LogP contribution is 2.08. The van der Waals surface area contributed by atoms with Crippen LogP contribution in [-0.4, -0.2) is 16.8 Å². The summed E-state index contributed by atoms with van der Waals surface area (Å²) in [4.78, 5) is 12.1. The van der Waals surface area contributed by atoms with Gasteiger partial charge in [0.25, 0.3) is 0 Å². The first-order valence-electron chi connectivity index (χ1n) is 3.43. The van der Waals surface area contributed by atoms with Gasteiger partial charge in [-0.2, -0.15) is 0 Å². The fourth-order valence-electron chi connectivity index (χ4n) is 0.967. The van der Waals surface area contributed by atoms with E-state index in [4.69, 9.17) is 11.6 Å². The topological polar surface area (TPSA) is 20.3 Å². The molecule has 0 radical (unpaired) electrons. The standard InChI is InChI=1S/C7H10ClNO/c8-7(10)9-5-3-1-2-4-6-9/h3,5H,1-2,4,6H2. The predicted molar refractivity (Wildman–Crippen MR) is 40.9 cm³/mol. The van der Waals surface area contributed by atoms with Crippen molar-refractivity contribution in [1.82, 2.24) is 4.90 Å². The lowest BCUT2D eigenvalue weighted by atomic mass is 10.2. The Hall–Kier alpha value is -0.500. The summed E-state index contributed by atoms with van der Waals surface area (Å²) < 4.78 is 0. The number of rotatable bonds is 0. The molecular formula is C7H10ClNO. The molecular weight excluding hydrogens is 150 g/mol. The third kappa shape index (κ3) is 2.03. The molecule has 1 aliphatic heterocycles. The van der Waals surface area contributed by atoms with E-state index >= 15 is 0 Å². The van der Waals surface area contributed by atoms with Crippen LogP contribution in [0.15, 0.2) is 12.3 Å². The summed E-state index contributed by atoms with van der Waals surface area (Å²) in [6, 6.07) is 0. The number of carbonyl (C=O) groups excluding carboxylic acids is 1. The van der Waals surface area contributed by atoms with Gasteiger partial charge in [-0.1, -0.05) is 6.08 Å². The Balaban J connectivity index is 2.49. The zero-order valence-electron chi connectivity index (χ0n) is 5.72. The van der Waals surface area contributed by atoms with Gasteiger partial charge in [-0.3, -0.25) is 4.79 Å². The second-order valence-corrected chi connectivity index (χ2v) is 2.65. The Morgan fingerprint density at radius 1 is 1.50 bits per heavy atom. The van der Waals surface area contributed by atoms with Crippen LogP contribution in [0.2, 0.25) is 0 Å². The molecule has 0 aromatic carbocycles. The van der Waals surface area contributed by atoms with Gasteiger partial charge in [0.2, 0.25) is 0 Å². The third-order valence-electron chi connectivity index (χ3n) is 1.53. The van der Waals surface area contributed by atoms with Crippen LogP contribution in [0.3, 0.4) is 0 Å². The van der Waals surface area contributed by atoms with Crippen molar-refractivity contribution in [3.63, 3.8) is 0 Å². The first-order valence-corrected chi connectivity index (χ1v) is 3.81. The molecule has 56 valence electrons. The number of allylic oxidation sites excluding steroid dienone is 1. The van der Waals surface area contributed by atoms with E-state index in [9.17, 15) is 4.79 Å². The zero-order valence-corrected chi connectivity index (χ0v) is 6.47. The average Bonchev–Trinajstić information content (AvgIpc) is 2.12. The fourth-order valence-corrected chi connectivity index (χ4v) is 1.11. The van der Waals surface area contributed by atoms with Crippen LogP contribution in [0.4, 0.5) is 4.79 Å². The molecule has 0 saturated carbocycles. The summed E-state index contributed by atoms with van der Waals surface area (Å²) >= 11 is 5.26. The molecule has 0 aliphatic carbocycles. The number of amides is 1. The van der Waals surface area contributed by atoms with E-state index < -0.39 is 0 Å². The highest BCUT2D eigenvalue weighted by molar-refractivity contribution is 6.62. The summed E-state index contributed by atoms with van der Waals surface area (Å²) in [5, 5.41) is -0.377. The maximum atomic E-state index is 10.6. The van der Waals surface area contributed by atoms with Gasteiger partial charge in [-0.25, -0.2) is 0 Å². The van der Waals surface area contributed by atoms with Crippen molar-refractivity contribution in [3.8, 4) is 0 Å². The molecule has 0 aromatic heterocycles. The summed E-state index contributed by atoms with van der Waals surface area (Å²) in [6.07, 6.45) is 7.00. The Bertz CT molecular complexity index is 156. The molecule has 0 saturated heterocycles. The van der Waals surface area contributed by atoms with E-state index in [0.29, 0.717) is 0 Å². The van der Waals surface area contributed by atoms with E-state index in [1.807, 2.05) is 6.08 Å². The van der Waals surface area contributed by atoms with Gasteiger partial charge >= 0.3 is 5.37 Å². The van der Waals surface area contributed by atoms with Gasteiger partial charge in [0.15, 0.2) is 0 Å². The molecule has 10 heavy (non-hydrogen) atoms. The lowest BCUT2D eigenvalue weighted by Gasteiger charge is -2.10. The van der Waals surface area contributed by atoms with Crippen LogP contribution in [0, 0.1) is 0 Å². The van der Waals surface area contributed by atoms with Crippen molar-refractivity contribution in [2.24, 2.45) is 0 Å². The minimum Gasteiger partial charge on any atom is -0.306 e. The third-order valence-corrected chi connectivity index (χ3v) is 1.75. The molecule has 0 bridgehead atoms. The Morgan fingerprint density at radius 2 is 2.30 bits per heavy atom. The highest BCUT2D eigenvalue weighted by Gasteiger charge is 2.07. The van der Waals surface area contributed by atoms with Gasteiger partial charge in [0.1, 0.15) is 0 Å². The molecule has 0 unspecified atom stereocenters. The van der Waals surface area contributed by atoms with Crippen molar-refractivity contribution in [1.29, 1.82) is 0 Å². The summed E-state index contributed by atoms with van der Waals surface area (Å²) in [5.74, 6) is 0. The molecule has 0 N–H and O–H groups in total.